The normalized spacial score (nSPS) is 18.8. The molecule has 0 N–H and O–H groups in total. The summed E-state index contributed by atoms with van der Waals surface area (Å²) >= 11 is 0. The second kappa shape index (κ2) is 10.6. The molecule has 1 aliphatic rings. The Morgan fingerprint density at radius 3 is 2.47 bits per heavy atom. The van der Waals surface area contributed by atoms with Crippen molar-refractivity contribution >= 4 is 30.0 Å². The summed E-state index contributed by atoms with van der Waals surface area (Å²) in [6.07, 6.45) is 8.76. The highest BCUT2D eigenvalue weighted by Gasteiger charge is 2.34. The molecular formula is C25H32FN3O3. The summed E-state index contributed by atoms with van der Waals surface area (Å²) < 4.78 is 19.9. The van der Waals surface area contributed by atoms with Gasteiger partial charge in [-0.05, 0) is 76.1 Å². The first-order valence-electron chi connectivity index (χ1n) is 11.3. The Morgan fingerprint density at radius 1 is 1.22 bits per heavy atom. The largest absolute Gasteiger partial charge is 0.462 e. The number of benzene rings is 1. The Hall–Kier alpha value is -2.96. The molecule has 0 radical (unpaired) electrons. The number of carbonyl (C=O) groups is 2. The average Bonchev–Trinajstić information content (AvgIpc) is 3.17. The van der Waals surface area contributed by atoms with E-state index >= 15 is 0 Å². The lowest BCUT2D eigenvalue weighted by molar-refractivity contribution is -0.123. The van der Waals surface area contributed by atoms with Gasteiger partial charge in [0.05, 0.1) is 6.61 Å². The number of amides is 1. The topological polar surface area (TPSA) is 64.4 Å². The van der Waals surface area contributed by atoms with Crippen LogP contribution in [0.25, 0.3) is 12.3 Å². The molecule has 0 saturated heterocycles. The van der Waals surface area contributed by atoms with Gasteiger partial charge in [-0.25, -0.2) is 13.9 Å². The van der Waals surface area contributed by atoms with Crippen LogP contribution in [0.2, 0.25) is 0 Å². The third-order valence-corrected chi connectivity index (χ3v) is 5.84. The van der Waals surface area contributed by atoms with Crippen molar-refractivity contribution in [2.24, 2.45) is 11.8 Å². The molecule has 32 heavy (non-hydrogen) atoms. The van der Waals surface area contributed by atoms with Gasteiger partial charge < -0.3 is 4.74 Å². The molecule has 3 rings (SSSR count). The Balaban J connectivity index is 1.94. The minimum atomic E-state index is -0.514. The molecule has 1 aromatic carbocycles. The van der Waals surface area contributed by atoms with Crippen LogP contribution < -0.4 is 4.90 Å². The standard InChI is InChI=1S/C25H32FN3O3/c1-5-32-25(31)22-16-28(15-14-19-8-12-21(26)13-9-19)27-23(22)29(17(2)3)24(30)20-10-6-18(4)7-11-20/h8-9,12-18,20H,5-7,10-11H2,1-4H3. The molecule has 172 valence electrons. The van der Waals surface area contributed by atoms with Gasteiger partial charge in [0.15, 0.2) is 5.82 Å². The van der Waals surface area contributed by atoms with E-state index in [2.05, 4.69) is 12.0 Å². The number of hydrogen-bond donors (Lipinski definition) is 0. The monoisotopic (exact) mass is 441 g/mol. The van der Waals surface area contributed by atoms with Crippen LogP contribution >= 0.6 is 0 Å². The number of ether oxygens (including phenoxy) is 1. The van der Waals surface area contributed by atoms with Crippen molar-refractivity contribution in [3.05, 3.63) is 47.4 Å². The number of aromatic nitrogens is 2. The van der Waals surface area contributed by atoms with Gasteiger partial charge in [0.2, 0.25) is 5.91 Å². The van der Waals surface area contributed by atoms with E-state index in [1.54, 1.807) is 42.4 Å². The van der Waals surface area contributed by atoms with Crippen LogP contribution in [0, 0.1) is 17.7 Å². The van der Waals surface area contributed by atoms with Gasteiger partial charge in [-0.2, -0.15) is 0 Å². The molecule has 1 aromatic heterocycles. The minimum absolute atomic E-state index is 0.00483. The van der Waals surface area contributed by atoms with E-state index in [-0.39, 0.29) is 35.9 Å². The zero-order valence-electron chi connectivity index (χ0n) is 19.3. The van der Waals surface area contributed by atoms with Crippen LogP contribution in [-0.4, -0.2) is 34.3 Å². The van der Waals surface area contributed by atoms with Gasteiger partial charge in [0.1, 0.15) is 11.4 Å². The van der Waals surface area contributed by atoms with Crippen molar-refractivity contribution in [3.8, 4) is 0 Å². The van der Waals surface area contributed by atoms with E-state index < -0.39 is 5.97 Å². The van der Waals surface area contributed by atoms with E-state index in [0.29, 0.717) is 11.7 Å². The summed E-state index contributed by atoms with van der Waals surface area (Å²) in [7, 11) is 0. The van der Waals surface area contributed by atoms with Crippen LogP contribution in [0.5, 0.6) is 0 Å². The lowest BCUT2D eigenvalue weighted by Crippen LogP contribution is -2.43. The molecule has 0 unspecified atom stereocenters. The maximum absolute atomic E-state index is 13.5. The molecule has 1 fully saturated rings. The number of hydrogen-bond acceptors (Lipinski definition) is 4. The van der Waals surface area contributed by atoms with Crippen LogP contribution in [0.4, 0.5) is 10.2 Å². The van der Waals surface area contributed by atoms with E-state index in [1.165, 1.54) is 16.8 Å². The van der Waals surface area contributed by atoms with Crippen LogP contribution in [-0.2, 0) is 9.53 Å². The lowest BCUT2D eigenvalue weighted by atomic mass is 9.82. The average molecular weight is 442 g/mol. The summed E-state index contributed by atoms with van der Waals surface area (Å²) in [5, 5.41) is 4.56. The van der Waals surface area contributed by atoms with E-state index in [1.807, 2.05) is 13.8 Å². The smallest absolute Gasteiger partial charge is 0.343 e. The molecule has 2 aromatic rings. The SMILES string of the molecule is CCOC(=O)c1cn(C=Cc2ccc(F)cc2)nc1N(C(=O)C1CCC(C)CC1)C(C)C. The van der Waals surface area contributed by atoms with Crippen molar-refractivity contribution in [1.29, 1.82) is 0 Å². The Labute approximate surface area is 189 Å². The molecule has 7 heteroatoms. The molecule has 0 atom stereocenters. The van der Waals surface area contributed by atoms with Crippen molar-refractivity contribution in [3.63, 3.8) is 0 Å². The number of nitrogens with zero attached hydrogens (tertiary/aromatic N) is 3. The summed E-state index contributed by atoms with van der Waals surface area (Å²) in [6, 6.07) is 5.89. The van der Waals surface area contributed by atoms with Crippen molar-refractivity contribution in [2.75, 3.05) is 11.5 Å². The first-order valence-corrected chi connectivity index (χ1v) is 11.3. The van der Waals surface area contributed by atoms with Crippen LogP contribution in [0.3, 0.4) is 0 Å². The van der Waals surface area contributed by atoms with Crippen LogP contribution in [0.1, 0.15) is 69.3 Å². The third kappa shape index (κ3) is 5.64. The van der Waals surface area contributed by atoms with E-state index in [9.17, 15) is 14.0 Å². The highest BCUT2D eigenvalue weighted by atomic mass is 19.1. The summed E-state index contributed by atoms with van der Waals surface area (Å²) in [4.78, 5) is 27.8. The molecule has 1 amide bonds. The van der Waals surface area contributed by atoms with Gasteiger partial charge in [0.25, 0.3) is 0 Å². The van der Waals surface area contributed by atoms with Crippen molar-refractivity contribution < 1.29 is 18.7 Å². The number of esters is 1. The summed E-state index contributed by atoms with van der Waals surface area (Å²) in [5.41, 5.74) is 1.04. The second-order valence-corrected chi connectivity index (χ2v) is 8.69. The van der Waals surface area contributed by atoms with Crippen LogP contribution in [0.15, 0.2) is 30.5 Å². The zero-order chi connectivity index (χ0) is 23.3. The summed E-state index contributed by atoms with van der Waals surface area (Å²) in [5.74, 6) is 0.0630. The van der Waals surface area contributed by atoms with Crippen molar-refractivity contribution in [2.45, 2.75) is 59.4 Å². The molecule has 1 heterocycles. The molecule has 0 aliphatic heterocycles. The second-order valence-electron chi connectivity index (χ2n) is 8.69. The quantitative estimate of drug-likeness (QED) is 0.540. The third-order valence-electron chi connectivity index (χ3n) is 5.84. The number of carbonyl (C=O) groups excluding carboxylic acids is 2. The lowest BCUT2D eigenvalue weighted by Gasteiger charge is -2.32. The predicted octanol–water partition coefficient (Wildman–Crippen LogP) is 5.39. The fourth-order valence-electron chi connectivity index (χ4n) is 4.03. The Bertz CT molecular complexity index is 957. The Morgan fingerprint density at radius 2 is 1.88 bits per heavy atom. The summed E-state index contributed by atoms with van der Waals surface area (Å²) in [6.45, 7) is 8.03. The highest BCUT2D eigenvalue weighted by molar-refractivity contribution is 6.02. The van der Waals surface area contributed by atoms with Gasteiger partial charge in [-0.1, -0.05) is 19.1 Å². The zero-order valence-corrected chi connectivity index (χ0v) is 19.3. The van der Waals surface area contributed by atoms with E-state index in [0.717, 1.165) is 31.2 Å². The number of anilines is 1. The fraction of sp³-hybridized carbons (Fsp3) is 0.480. The highest BCUT2D eigenvalue weighted by Crippen LogP contribution is 2.32. The van der Waals surface area contributed by atoms with Gasteiger partial charge in [-0.15, -0.1) is 5.10 Å². The van der Waals surface area contributed by atoms with E-state index in [4.69, 9.17) is 4.74 Å². The molecule has 0 bridgehead atoms. The van der Waals surface area contributed by atoms with Gasteiger partial charge >= 0.3 is 5.97 Å². The molecule has 1 saturated carbocycles. The molecule has 1 aliphatic carbocycles. The van der Waals surface area contributed by atoms with Gasteiger partial charge in [-0.3, -0.25) is 9.69 Å². The Kier molecular flexibility index (Phi) is 7.83. The number of halogens is 1. The first kappa shape index (κ1) is 23.7. The first-order chi connectivity index (χ1) is 15.3. The maximum Gasteiger partial charge on any atom is 0.343 e. The van der Waals surface area contributed by atoms with Crippen molar-refractivity contribution in [1.82, 2.24) is 9.78 Å². The predicted molar refractivity (Wildman–Crippen MR) is 124 cm³/mol. The number of rotatable bonds is 7. The fourth-order valence-corrected chi connectivity index (χ4v) is 4.03. The minimum Gasteiger partial charge on any atom is -0.462 e. The maximum atomic E-state index is 13.5. The molecule has 6 nitrogen and oxygen atoms in total. The van der Waals surface area contributed by atoms with Gasteiger partial charge in [0, 0.05) is 24.4 Å². The molecular weight excluding hydrogens is 409 g/mol. The molecule has 0 spiro atoms.